The average Bonchev–Trinajstić information content (AvgIpc) is 2.66. The highest BCUT2D eigenvalue weighted by atomic mass is 79.9. The molecule has 2 nitrogen and oxygen atoms in total. The first kappa shape index (κ1) is 10.3. The van der Waals surface area contributed by atoms with Crippen LogP contribution >= 0.6 is 31.9 Å². The van der Waals surface area contributed by atoms with Crippen LogP contribution in [0.2, 0.25) is 0 Å². The first-order chi connectivity index (χ1) is 6.68. The van der Waals surface area contributed by atoms with Crippen molar-refractivity contribution in [1.82, 2.24) is 0 Å². The van der Waals surface area contributed by atoms with Crippen LogP contribution in [0.5, 0.6) is 5.75 Å². The van der Waals surface area contributed by atoms with Crippen molar-refractivity contribution in [2.75, 3.05) is 18.0 Å². The molecule has 0 radical (unpaired) electrons. The van der Waals surface area contributed by atoms with Gasteiger partial charge in [0.05, 0.1) is 8.95 Å². The molecule has 1 aromatic rings. The van der Waals surface area contributed by atoms with Crippen molar-refractivity contribution in [3.05, 3.63) is 21.1 Å². The Morgan fingerprint density at radius 1 is 1.07 bits per heavy atom. The lowest BCUT2D eigenvalue weighted by Crippen LogP contribution is -2.17. The molecule has 0 aromatic heterocycles. The molecule has 0 saturated carbocycles. The van der Waals surface area contributed by atoms with E-state index in [1.165, 1.54) is 18.5 Å². The molecule has 0 spiro atoms. The topological polar surface area (TPSA) is 23.5 Å². The van der Waals surface area contributed by atoms with Crippen molar-refractivity contribution in [2.24, 2.45) is 0 Å². The van der Waals surface area contributed by atoms with E-state index >= 15 is 0 Å². The second-order valence-electron chi connectivity index (χ2n) is 3.45. The lowest BCUT2D eigenvalue weighted by atomic mass is 10.3. The van der Waals surface area contributed by atoms with Crippen LogP contribution in [0, 0.1) is 0 Å². The van der Waals surface area contributed by atoms with Gasteiger partial charge in [0.2, 0.25) is 0 Å². The quantitative estimate of drug-likeness (QED) is 0.856. The zero-order valence-corrected chi connectivity index (χ0v) is 10.8. The molecule has 1 heterocycles. The zero-order chi connectivity index (χ0) is 10.1. The average molecular weight is 321 g/mol. The van der Waals surface area contributed by atoms with E-state index < -0.39 is 0 Å². The van der Waals surface area contributed by atoms with Gasteiger partial charge in [-0.1, -0.05) is 0 Å². The van der Waals surface area contributed by atoms with Crippen LogP contribution in [0.15, 0.2) is 21.1 Å². The molecule has 0 amide bonds. The summed E-state index contributed by atoms with van der Waals surface area (Å²) in [4.78, 5) is 2.33. The van der Waals surface area contributed by atoms with Crippen LogP contribution in [-0.4, -0.2) is 18.2 Å². The predicted octanol–water partition coefficient (Wildman–Crippen LogP) is 3.52. The van der Waals surface area contributed by atoms with Gasteiger partial charge in [-0.3, -0.25) is 0 Å². The lowest BCUT2D eigenvalue weighted by molar-refractivity contribution is 0.468. The summed E-state index contributed by atoms with van der Waals surface area (Å²) in [6, 6.07) is 3.93. The third-order valence-electron chi connectivity index (χ3n) is 2.47. The fourth-order valence-corrected chi connectivity index (χ4v) is 2.87. The molecule has 76 valence electrons. The SMILES string of the molecule is Oc1c(Br)cc(N2CCCC2)cc1Br. The van der Waals surface area contributed by atoms with Crippen molar-refractivity contribution in [3.63, 3.8) is 0 Å². The van der Waals surface area contributed by atoms with Crippen LogP contribution in [-0.2, 0) is 0 Å². The molecule has 0 unspecified atom stereocenters. The predicted molar refractivity (Wildman–Crippen MR) is 65.0 cm³/mol. The second kappa shape index (κ2) is 4.11. The van der Waals surface area contributed by atoms with Gasteiger partial charge in [0.25, 0.3) is 0 Å². The minimum absolute atomic E-state index is 0.271. The van der Waals surface area contributed by atoms with Gasteiger partial charge >= 0.3 is 0 Å². The number of phenols is 1. The van der Waals surface area contributed by atoms with E-state index in [1.54, 1.807) is 0 Å². The molecular formula is C10H11Br2NO. The normalized spacial score (nSPS) is 16.3. The number of hydrogen-bond donors (Lipinski definition) is 1. The number of rotatable bonds is 1. The number of benzene rings is 1. The fraction of sp³-hybridized carbons (Fsp3) is 0.400. The van der Waals surface area contributed by atoms with E-state index in [1.807, 2.05) is 12.1 Å². The van der Waals surface area contributed by atoms with Crippen molar-refractivity contribution in [2.45, 2.75) is 12.8 Å². The molecule has 1 saturated heterocycles. The number of hydrogen-bond acceptors (Lipinski definition) is 2. The van der Waals surface area contributed by atoms with E-state index in [-0.39, 0.29) is 5.75 Å². The molecule has 0 aliphatic carbocycles. The van der Waals surface area contributed by atoms with Crippen molar-refractivity contribution >= 4 is 37.5 Å². The van der Waals surface area contributed by atoms with Gasteiger partial charge in [0, 0.05) is 18.8 Å². The summed E-state index contributed by atoms with van der Waals surface area (Å²) >= 11 is 6.67. The highest BCUT2D eigenvalue weighted by Gasteiger charge is 2.15. The maximum Gasteiger partial charge on any atom is 0.144 e. The van der Waals surface area contributed by atoms with Gasteiger partial charge in [-0.05, 0) is 56.8 Å². The molecule has 0 bridgehead atoms. The van der Waals surface area contributed by atoms with Crippen molar-refractivity contribution in [3.8, 4) is 5.75 Å². The van der Waals surface area contributed by atoms with Crippen LogP contribution in [0.1, 0.15) is 12.8 Å². The number of anilines is 1. The highest BCUT2D eigenvalue weighted by molar-refractivity contribution is 9.11. The molecule has 4 heteroatoms. The van der Waals surface area contributed by atoms with E-state index in [2.05, 4.69) is 36.8 Å². The van der Waals surface area contributed by atoms with Crippen LogP contribution in [0.25, 0.3) is 0 Å². The van der Waals surface area contributed by atoms with Crippen LogP contribution in [0.3, 0.4) is 0 Å². The minimum Gasteiger partial charge on any atom is -0.506 e. The smallest absolute Gasteiger partial charge is 0.144 e. The van der Waals surface area contributed by atoms with Gasteiger partial charge < -0.3 is 10.0 Å². The van der Waals surface area contributed by atoms with Crippen molar-refractivity contribution in [1.29, 1.82) is 0 Å². The monoisotopic (exact) mass is 319 g/mol. The third kappa shape index (κ3) is 1.91. The Morgan fingerprint density at radius 3 is 2.07 bits per heavy atom. The molecular weight excluding hydrogens is 310 g/mol. The first-order valence-corrected chi connectivity index (χ1v) is 6.20. The largest absolute Gasteiger partial charge is 0.506 e. The second-order valence-corrected chi connectivity index (χ2v) is 5.16. The first-order valence-electron chi connectivity index (χ1n) is 4.61. The Labute approximate surface area is 100 Å². The number of nitrogens with zero attached hydrogens (tertiary/aromatic N) is 1. The molecule has 1 fully saturated rings. The van der Waals surface area contributed by atoms with Gasteiger partial charge in [-0.25, -0.2) is 0 Å². The molecule has 2 rings (SSSR count). The standard InChI is InChI=1S/C10H11Br2NO/c11-8-5-7(6-9(12)10(8)14)13-3-1-2-4-13/h5-6,14H,1-4H2. The minimum atomic E-state index is 0.271. The van der Waals surface area contributed by atoms with Gasteiger partial charge in [-0.2, -0.15) is 0 Å². The Balaban J connectivity index is 2.34. The van der Waals surface area contributed by atoms with Gasteiger partial charge in [0.15, 0.2) is 0 Å². The third-order valence-corrected chi connectivity index (χ3v) is 3.68. The molecule has 14 heavy (non-hydrogen) atoms. The summed E-state index contributed by atoms with van der Waals surface area (Å²) in [5.41, 5.74) is 1.17. The molecule has 1 aliphatic heterocycles. The van der Waals surface area contributed by atoms with Gasteiger partial charge in [0.1, 0.15) is 5.75 Å². The van der Waals surface area contributed by atoms with E-state index in [0.717, 1.165) is 22.0 Å². The summed E-state index contributed by atoms with van der Waals surface area (Å²) in [5.74, 6) is 0.271. The molecule has 0 atom stereocenters. The summed E-state index contributed by atoms with van der Waals surface area (Å²) in [6.45, 7) is 2.23. The molecule has 1 N–H and O–H groups in total. The fourth-order valence-electron chi connectivity index (χ4n) is 1.71. The maximum absolute atomic E-state index is 9.56. The Kier molecular flexibility index (Phi) is 3.02. The Bertz CT molecular complexity index is 325. The molecule has 1 aromatic carbocycles. The van der Waals surface area contributed by atoms with Gasteiger partial charge in [-0.15, -0.1) is 0 Å². The maximum atomic E-state index is 9.56. The van der Waals surface area contributed by atoms with Crippen LogP contribution in [0.4, 0.5) is 5.69 Å². The van der Waals surface area contributed by atoms with E-state index in [4.69, 9.17) is 0 Å². The zero-order valence-electron chi connectivity index (χ0n) is 7.63. The van der Waals surface area contributed by atoms with Crippen molar-refractivity contribution < 1.29 is 5.11 Å². The lowest BCUT2D eigenvalue weighted by Gasteiger charge is -2.18. The molecule has 1 aliphatic rings. The Hall–Kier alpha value is -0.220. The summed E-state index contributed by atoms with van der Waals surface area (Å²) in [7, 11) is 0. The number of phenolic OH excluding ortho intramolecular Hbond substituents is 1. The summed E-state index contributed by atoms with van der Waals surface area (Å²) in [6.07, 6.45) is 2.52. The number of aromatic hydroxyl groups is 1. The summed E-state index contributed by atoms with van der Waals surface area (Å²) < 4.78 is 1.49. The van der Waals surface area contributed by atoms with E-state index in [0.29, 0.717) is 0 Å². The number of halogens is 2. The Morgan fingerprint density at radius 2 is 1.57 bits per heavy atom. The highest BCUT2D eigenvalue weighted by Crippen LogP contribution is 2.37. The van der Waals surface area contributed by atoms with E-state index in [9.17, 15) is 5.11 Å². The van der Waals surface area contributed by atoms with Crippen LogP contribution < -0.4 is 4.90 Å². The summed E-state index contributed by atoms with van der Waals surface area (Å²) in [5, 5.41) is 9.56.